The summed E-state index contributed by atoms with van der Waals surface area (Å²) in [6.45, 7) is 0.849. The van der Waals surface area contributed by atoms with Gasteiger partial charge in [0.2, 0.25) is 5.82 Å². The van der Waals surface area contributed by atoms with Crippen LogP contribution in [0.5, 0.6) is 0 Å². The summed E-state index contributed by atoms with van der Waals surface area (Å²) in [5, 5.41) is 24.2. The molecule has 1 fully saturated rings. The van der Waals surface area contributed by atoms with E-state index in [0.717, 1.165) is 12.8 Å². The van der Waals surface area contributed by atoms with Crippen LogP contribution < -0.4 is 5.32 Å². The van der Waals surface area contributed by atoms with Gasteiger partial charge in [0.15, 0.2) is 5.82 Å². The first-order valence-electron chi connectivity index (χ1n) is 9.97. The van der Waals surface area contributed by atoms with Crippen LogP contribution >= 0.6 is 0 Å². The van der Waals surface area contributed by atoms with E-state index in [1.807, 2.05) is 0 Å². The van der Waals surface area contributed by atoms with Crippen molar-refractivity contribution in [1.82, 2.24) is 44.5 Å². The molecule has 0 bridgehead atoms. The van der Waals surface area contributed by atoms with Gasteiger partial charge in [0.05, 0.1) is 6.20 Å². The molecule has 1 saturated heterocycles. The van der Waals surface area contributed by atoms with E-state index in [4.69, 9.17) is 0 Å². The van der Waals surface area contributed by atoms with Gasteiger partial charge in [0.1, 0.15) is 28.7 Å². The van der Waals surface area contributed by atoms with Gasteiger partial charge < -0.3 is 15.3 Å². The second-order valence-electron chi connectivity index (χ2n) is 7.52. The van der Waals surface area contributed by atoms with Crippen LogP contribution in [0, 0.1) is 5.82 Å². The van der Waals surface area contributed by atoms with E-state index in [9.17, 15) is 14.3 Å². The first kappa shape index (κ1) is 19.8. The SMILES string of the molecule is Cn1nnnc1-c1cc(NC2CCCN(C(=O)O)C2)nc(-c2cnc3ccc(F)cn23)n1. The Labute approximate surface area is 180 Å². The molecular formula is C19H19FN10O2. The maximum Gasteiger partial charge on any atom is 0.407 e. The van der Waals surface area contributed by atoms with Crippen LogP contribution in [-0.4, -0.2) is 74.8 Å². The Morgan fingerprint density at radius 1 is 1.31 bits per heavy atom. The lowest BCUT2D eigenvalue weighted by molar-refractivity contribution is 0.133. The zero-order chi connectivity index (χ0) is 22.2. The normalized spacial score (nSPS) is 16.4. The van der Waals surface area contributed by atoms with Gasteiger partial charge in [-0.1, -0.05) is 0 Å². The van der Waals surface area contributed by atoms with Gasteiger partial charge in [-0.05, 0) is 35.4 Å². The molecule has 1 aliphatic heterocycles. The fourth-order valence-corrected chi connectivity index (χ4v) is 3.79. The number of fused-ring (bicyclic) bond motifs is 1. The topological polar surface area (TPSA) is 139 Å². The standard InChI is InChI=1S/C19H19FN10O2/c1-28-18(25-26-27-28)13-7-15(22-12-3-2-6-29(10-12)19(31)32)24-17(23-13)14-8-21-16-5-4-11(20)9-30(14)16/h4-5,7-9,12H,2-3,6,10H2,1H3,(H,31,32)(H,22,23,24). The fraction of sp³-hybridized carbons (Fsp3) is 0.316. The number of piperidine rings is 1. The van der Waals surface area contributed by atoms with Crippen molar-refractivity contribution in [1.29, 1.82) is 0 Å². The van der Waals surface area contributed by atoms with Gasteiger partial charge in [0.25, 0.3) is 0 Å². The third-order valence-corrected chi connectivity index (χ3v) is 5.32. The van der Waals surface area contributed by atoms with E-state index in [-0.39, 0.29) is 6.04 Å². The van der Waals surface area contributed by atoms with Crippen LogP contribution in [0.3, 0.4) is 0 Å². The molecule has 5 heterocycles. The molecule has 2 N–H and O–H groups in total. The number of halogens is 1. The molecule has 1 unspecified atom stereocenters. The molecule has 1 aliphatic rings. The number of nitrogens with zero attached hydrogens (tertiary/aromatic N) is 9. The molecule has 0 aromatic carbocycles. The zero-order valence-electron chi connectivity index (χ0n) is 17.1. The molecule has 5 rings (SSSR count). The van der Waals surface area contributed by atoms with Gasteiger partial charge in [0, 0.05) is 38.4 Å². The van der Waals surface area contributed by atoms with Gasteiger partial charge in [-0.15, -0.1) is 5.10 Å². The number of tetrazole rings is 1. The van der Waals surface area contributed by atoms with E-state index in [2.05, 4.69) is 35.8 Å². The zero-order valence-corrected chi connectivity index (χ0v) is 17.1. The molecule has 13 heteroatoms. The van der Waals surface area contributed by atoms with Crippen molar-refractivity contribution in [3.63, 3.8) is 0 Å². The Hall–Kier alpha value is -4.16. The predicted molar refractivity (Wildman–Crippen MR) is 110 cm³/mol. The third kappa shape index (κ3) is 3.68. The fourth-order valence-electron chi connectivity index (χ4n) is 3.79. The number of carbonyl (C=O) groups is 1. The van der Waals surface area contributed by atoms with Gasteiger partial charge >= 0.3 is 6.09 Å². The predicted octanol–water partition coefficient (Wildman–Crippen LogP) is 1.68. The van der Waals surface area contributed by atoms with E-state index in [0.29, 0.717) is 47.6 Å². The number of anilines is 1. The molecule has 4 aromatic rings. The van der Waals surface area contributed by atoms with Crippen molar-refractivity contribution in [2.45, 2.75) is 18.9 Å². The number of nitrogens with one attached hydrogen (secondary N) is 1. The van der Waals surface area contributed by atoms with Crippen molar-refractivity contribution in [3.8, 4) is 23.0 Å². The first-order chi connectivity index (χ1) is 15.5. The molecule has 0 radical (unpaired) electrons. The monoisotopic (exact) mass is 438 g/mol. The smallest absolute Gasteiger partial charge is 0.407 e. The number of amides is 1. The molecule has 12 nitrogen and oxygen atoms in total. The number of hydrogen-bond acceptors (Lipinski definition) is 8. The lowest BCUT2D eigenvalue weighted by Gasteiger charge is -2.31. The van der Waals surface area contributed by atoms with Crippen LogP contribution in [0.15, 0.2) is 30.6 Å². The summed E-state index contributed by atoms with van der Waals surface area (Å²) >= 11 is 0. The first-order valence-corrected chi connectivity index (χ1v) is 9.97. The number of carboxylic acid groups (broad SMARTS) is 1. The lowest BCUT2D eigenvalue weighted by Crippen LogP contribution is -2.44. The quantitative estimate of drug-likeness (QED) is 0.487. The molecular weight excluding hydrogens is 419 g/mol. The van der Waals surface area contributed by atoms with Crippen LogP contribution in [0.25, 0.3) is 28.7 Å². The van der Waals surface area contributed by atoms with Crippen LogP contribution in [0.4, 0.5) is 15.0 Å². The Bertz CT molecular complexity index is 1300. The van der Waals surface area contributed by atoms with E-state index in [1.54, 1.807) is 29.8 Å². The maximum absolute atomic E-state index is 13.9. The molecule has 0 saturated carbocycles. The van der Waals surface area contributed by atoms with Crippen molar-refractivity contribution in [3.05, 3.63) is 36.4 Å². The number of rotatable bonds is 4. The third-order valence-electron chi connectivity index (χ3n) is 5.32. The minimum Gasteiger partial charge on any atom is -0.465 e. The summed E-state index contributed by atoms with van der Waals surface area (Å²) < 4.78 is 16.9. The van der Waals surface area contributed by atoms with Crippen molar-refractivity contribution >= 4 is 17.6 Å². The number of likely N-dealkylation sites (tertiary alicyclic amines) is 1. The number of pyridine rings is 1. The maximum atomic E-state index is 13.9. The summed E-state index contributed by atoms with van der Waals surface area (Å²) in [6, 6.07) is 4.49. The summed E-state index contributed by atoms with van der Waals surface area (Å²) in [5.74, 6) is 0.792. The Kier molecular flexibility index (Phi) is 4.84. The van der Waals surface area contributed by atoms with E-state index >= 15 is 0 Å². The highest BCUT2D eigenvalue weighted by Gasteiger charge is 2.24. The van der Waals surface area contributed by atoms with Crippen molar-refractivity contribution in [2.75, 3.05) is 18.4 Å². The minimum atomic E-state index is -0.946. The second-order valence-corrected chi connectivity index (χ2v) is 7.52. The van der Waals surface area contributed by atoms with Gasteiger partial charge in [-0.3, -0.25) is 4.40 Å². The molecule has 32 heavy (non-hydrogen) atoms. The molecule has 1 atom stereocenters. The van der Waals surface area contributed by atoms with E-state index in [1.165, 1.54) is 21.8 Å². The average molecular weight is 438 g/mol. The highest BCUT2D eigenvalue weighted by atomic mass is 19.1. The molecule has 4 aromatic heterocycles. The number of hydrogen-bond donors (Lipinski definition) is 2. The number of imidazole rings is 1. The molecule has 0 spiro atoms. The Balaban J connectivity index is 1.57. The lowest BCUT2D eigenvalue weighted by atomic mass is 10.1. The van der Waals surface area contributed by atoms with E-state index < -0.39 is 11.9 Å². The molecule has 1 amide bonds. The van der Waals surface area contributed by atoms with Gasteiger partial charge in [-0.2, -0.15) is 0 Å². The highest BCUT2D eigenvalue weighted by molar-refractivity contribution is 5.66. The second kappa shape index (κ2) is 7.83. The summed E-state index contributed by atoms with van der Waals surface area (Å²) in [4.78, 5) is 26.2. The average Bonchev–Trinajstić information content (AvgIpc) is 3.39. The summed E-state index contributed by atoms with van der Waals surface area (Å²) in [7, 11) is 1.69. The minimum absolute atomic E-state index is 0.118. The van der Waals surface area contributed by atoms with Crippen LogP contribution in [-0.2, 0) is 7.05 Å². The molecule has 164 valence electrons. The van der Waals surface area contributed by atoms with Crippen molar-refractivity contribution in [2.24, 2.45) is 7.05 Å². The number of aromatic nitrogens is 8. The summed E-state index contributed by atoms with van der Waals surface area (Å²) in [6.07, 6.45) is 3.48. The van der Waals surface area contributed by atoms with Gasteiger partial charge in [-0.25, -0.2) is 28.8 Å². The Morgan fingerprint density at radius 3 is 2.97 bits per heavy atom. The van der Waals surface area contributed by atoms with Crippen LogP contribution in [0.1, 0.15) is 12.8 Å². The Morgan fingerprint density at radius 2 is 2.19 bits per heavy atom. The summed E-state index contributed by atoms with van der Waals surface area (Å²) in [5.41, 5.74) is 1.51. The highest BCUT2D eigenvalue weighted by Crippen LogP contribution is 2.25. The number of aryl methyl sites for hydroxylation is 1. The molecule has 0 aliphatic carbocycles. The van der Waals surface area contributed by atoms with Crippen molar-refractivity contribution < 1.29 is 14.3 Å². The largest absolute Gasteiger partial charge is 0.465 e. The van der Waals surface area contributed by atoms with Crippen LogP contribution in [0.2, 0.25) is 0 Å².